The third-order valence-corrected chi connectivity index (χ3v) is 4.90. The van der Waals surface area contributed by atoms with Crippen LogP contribution in [-0.2, 0) is 6.54 Å². The van der Waals surface area contributed by atoms with E-state index < -0.39 is 0 Å². The van der Waals surface area contributed by atoms with Crippen molar-refractivity contribution < 1.29 is 9.84 Å². The lowest BCUT2D eigenvalue weighted by Crippen LogP contribution is -2.10. The molecule has 0 aliphatic heterocycles. The van der Waals surface area contributed by atoms with Gasteiger partial charge in [-0.3, -0.25) is 0 Å². The second kappa shape index (κ2) is 9.73. The van der Waals surface area contributed by atoms with E-state index in [1.807, 2.05) is 59.3 Å². The van der Waals surface area contributed by atoms with Gasteiger partial charge in [0.15, 0.2) is 0 Å². The number of phenols is 1. The molecule has 0 fully saturated rings. The summed E-state index contributed by atoms with van der Waals surface area (Å²) in [5.74, 6) is 1.00. The van der Waals surface area contributed by atoms with Crippen molar-refractivity contribution in [3.8, 4) is 11.5 Å². The summed E-state index contributed by atoms with van der Waals surface area (Å²) in [4.78, 5) is 4.09. The first-order chi connectivity index (χ1) is 15.2. The van der Waals surface area contributed by atoms with Crippen molar-refractivity contribution in [3.63, 3.8) is 0 Å². The molecule has 1 heterocycles. The number of allylic oxidation sites excluding steroid dienone is 1. The van der Waals surface area contributed by atoms with Crippen LogP contribution in [-0.4, -0.2) is 33.0 Å². The van der Waals surface area contributed by atoms with Gasteiger partial charge in [-0.25, -0.2) is 9.67 Å². The minimum absolute atomic E-state index is 0.228. The highest BCUT2D eigenvalue weighted by atomic mass is 16.5. The first kappa shape index (κ1) is 20.4. The maximum atomic E-state index is 9.83. The van der Waals surface area contributed by atoms with Gasteiger partial charge in [0.05, 0.1) is 6.54 Å². The van der Waals surface area contributed by atoms with Crippen molar-refractivity contribution in [2.75, 3.05) is 13.2 Å². The Labute approximate surface area is 181 Å². The fourth-order valence-electron chi connectivity index (χ4n) is 3.47. The molecule has 0 unspecified atom stereocenters. The van der Waals surface area contributed by atoms with Gasteiger partial charge in [-0.1, -0.05) is 54.6 Å². The van der Waals surface area contributed by atoms with Gasteiger partial charge < -0.3 is 15.6 Å². The van der Waals surface area contributed by atoms with Gasteiger partial charge in [-0.15, -0.1) is 0 Å². The molecular weight excluding hydrogens is 388 g/mol. The zero-order chi connectivity index (χ0) is 21.5. The number of phenolic OH excluding ortho intramolecular Hbond substituents is 1. The number of ether oxygens (including phenoxy) is 1. The van der Waals surface area contributed by atoms with E-state index in [1.54, 1.807) is 18.5 Å². The molecule has 4 rings (SSSR count). The minimum atomic E-state index is 0.228. The van der Waals surface area contributed by atoms with Crippen LogP contribution in [0.1, 0.15) is 16.7 Å². The largest absolute Gasteiger partial charge is 0.508 e. The van der Waals surface area contributed by atoms with Gasteiger partial charge in [0.1, 0.15) is 30.8 Å². The van der Waals surface area contributed by atoms with Crippen molar-refractivity contribution in [1.29, 1.82) is 0 Å². The molecule has 1 aromatic heterocycles. The van der Waals surface area contributed by atoms with Gasteiger partial charge in [0.2, 0.25) is 0 Å². The summed E-state index contributed by atoms with van der Waals surface area (Å²) in [6.45, 7) is 1.49. The number of nitrogens with zero attached hydrogens (tertiary/aromatic N) is 3. The van der Waals surface area contributed by atoms with Crippen molar-refractivity contribution in [2.45, 2.75) is 6.54 Å². The minimum Gasteiger partial charge on any atom is -0.508 e. The molecule has 0 bridgehead atoms. The Kier molecular flexibility index (Phi) is 6.40. The molecule has 0 amide bonds. The predicted octanol–water partition coefficient (Wildman–Crippen LogP) is 3.98. The van der Waals surface area contributed by atoms with E-state index in [-0.39, 0.29) is 5.75 Å². The summed E-state index contributed by atoms with van der Waals surface area (Å²) in [5, 5.41) is 14.1. The number of nitrogens with two attached hydrogens (primary N) is 1. The van der Waals surface area contributed by atoms with Crippen molar-refractivity contribution in [2.24, 2.45) is 5.73 Å². The van der Waals surface area contributed by atoms with Gasteiger partial charge in [-0.2, -0.15) is 5.10 Å². The molecular formula is C25H24N4O2. The second-order valence-corrected chi connectivity index (χ2v) is 7.02. The predicted molar refractivity (Wildman–Crippen MR) is 121 cm³/mol. The zero-order valence-electron chi connectivity index (χ0n) is 17.1. The molecule has 0 aliphatic rings. The van der Waals surface area contributed by atoms with E-state index >= 15 is 0 Å². The monoisotopic (exact) mass is 412 g/mol. The Bertz CT molecular complexity index is 1120. The topological polar surface area (TPSA) is 86.2 Å². The molecule has 6 heteroatoms. The molecule has 3 aromatic carbocycles. The van der Waals surface area contributed by atoms with Crippen LogP contribution in [0.15, 0.2) is 91.5 Å². The van der Waals surface area contributed by atoms with Crippen LogP contribution in [0.25, 0.3) is 11.1 Å². The Hall–Kier alpha value is -3.90. The Morgan fingerprint density at radius 3 is 2.16 bits per heavy atom. The normalized spacial score (nSPS) is 11.8. The number of aromatic hydroxyl groups is 1. The van der Waals surface area contributed by atoms with E-state index in [9.17, 15) is 5.11 Å². The van der Waals surface area contributed by atoms with Gasteiger partial charge >= 0.3 is 0 Å². The lowest BCUT2D eigenvalue weighted by atomic mass is 9.89. The summed E-state index contributed by atoms with van der Waals surface area (Å²) >= 11 is 0. The average molecular weight is 412 g/mol. The Morgan fingerprint density at radius 1 is 0.871 bits per heavy atom. The molecule has 0 saturated carbocycles. The highest BCUT2D eigenvalue weighted by Gasteiger charge is 2.15. The third kappa shape index (κ3) is 4.99. The molecule has 31 heavy (non-hydrogen) atoms. The van der Waals surface area contributed by atoms with Crippen LogP contribution in [0.2, 0.25) is 0 Å². The summed E-state index contributed by atoms with van der Waals surface area (Å²) in [7, 11) is 0. The van der Waals surface area contributed by atoms with Gasteiger partial charge in [0.25, 0.3) is 0 Å². The summed E-state index contributed by atoms with van der Waals surface area (Å²) in [6.07, 6.45) is 3.24. The summed E-state index contributed by atoms with van der Waals surface area (Å²) < 4.78 is 7.45. The number of aromatic nitrogens is 3. The quantitative estimate of drug-likeness (QED) is 0.428. The van der Waals surface area contributed by atoms with Crippen LogP contribution in [0.4, 0.5) is 0 Å². The molecule has 4 aromatic rings. The first-order valence-electron chi connectivity index (χ1n) is 10.1. The summed E-state index contributed by atoms with van der Waals surface area (Å²) in [6, 6.07) is 25.4. The molecule has 0 atom stereocenters. The van der Waals surface area contributed by atoms with Crippen LogP contribution < -0.4 is 10.5 Å². The Morgan fingerprint density at radius 2 is 1.55 bits per heavy atom. The van der Waals surface area contributed by atoms with Crippen LogP contribution in [0.5, 0.6) is 11.5 Å². The van der Waals surface area contributed by atoms with Crippen molar-refractivity contribution in [3.05, 3.63) is 108 Å². The molecule has 156 valence electrons. The molecule has 6 nitrogen and oxygen atoms in total. The van der Waals surface area contributed by atoms with E-state index in [2.05, 4.69) is 22.2 Å². The smallest absolute Gasteiger partial charge is 0.137 e. The number of benzene rings is 3. The molecule has 0 radical (unpaired) electrons. The lowest BCUT2D eigenvalue weighted by Gasteiger charge is -2.18. The maximum absolute atomic E-state index is 9.83. The maximum Gasteiger partial charge on any atom is 0.137 e. The molecule has 0 spiro atoms. The van der Waals surface area contributed by atoms with Gasteiger partial charge in [0, 0.05) is 6.54 Å². The van der Waals surface area contributed by atoms with Crippen LogP contribution >= 0.6 is 0 Å². The van der Waals surface area contributed by atoms with E-state index in [4.69, 9.17) is 10.5 Å². The fraction of sp³-hybridized carbons (Fsp3) is 0.120. The SMILES string of the molecule is NCCOc1ccc(/C(=C(\Cn2cncn2)c2ccccc2)c2ccc(O)cc2)cc1. The highest BCUT2D eigenvalue weighted by molar-refractivity contribution is 5.98. The fourth-order valence-corrected chi connectivity index (χ4v) is 3.47. The van der Waals surface area contributed by atoms with Crippen LogP contribution in [0, 0.1) is 0 Å². The lowest BCUT2D eigenvalue weighted by molar-refractivity contribution is 0.328. The highest BCUT2D eigenvalue weighted by Crippen LogP contribution is 2.34. The van der Waals surface area contributed by atoms with E-state index in [0.717, 1.165) is 33.6 Å². The summed E-state index contributed by atoms with van der Waals surface area (Å²) in [5.41, 5.74) is 10.8. The molecule has 0 saturated heterocycles. The number of hydrogen-bond donors (Lipinski definition) is 2. The zero-order valence-corrected chi connectivity index (χ0v) is 17.1. The van der Waals surface area contributed by atoms with Crippen molar-refractivity contribution in [1.82, 2.24) is 14.8 Å². The molecule has 0 aliphatic carbocycles. The van der Waals surface area contributed by atoms with Crippen LogP contribution in [0.3, 0.4) is 0 Å². The standard InChI is InChI=1S/C25H24N4O2/c26-14-15-31-23-12-8-21(9-13-23)25(20-6-10-22(30)11-7-20)24(16-29-18-27-17-28-29)19-4-2-1-3-5-19/h1-13,17-18,30H,14-16,26H2/b25-24+. The molecule has 3 N–H and O–H groups in total. The second-order valence-electron chi connectivity index (χ2n) is 7.02. The third-order valence-electron chi connectivity index (χ3n) is 4.90. The number of hydrogen-bond acceptors (Lipinski definition) is 5. The first-order valence-corrected chi connectivity index (χ1v) is 10.1. The van der Waals surface area contributed by atoms with E-state index in [0.29, 0.717) is 19.7 Å². The van der Waals surface area contributed by atoms with Gasteiger partial charge in [-0.05, 0) is 52.1 Å². The van der Waals surface area contributed by atoms with Crippen molar-refractivity contribution >= 4 is 11.1 Å². The Balaban J connectivity index is 1.89. The number of rotatable bonds is 8. The van der Waals surface area contributed by atoms with E-state index in [1.165, 1.54) is 6.33 Å². The average Bonchev–Trinajstić information content (AvgIpc) is 3.33.